The highest BCUT2D eigenvalue weighted by molar-refractivity contribution is 5.94. The molecule has 2 N–H and O–H groups in total. The molecule has 0 bridgehead atoms. The fourth-order valence-corrected chi connectivity index (χ4v) is 4.65. The van der Waals surface area contributed by atoms with Crippen molar-refractivity contribution in [1.82, 2.24) is 25.1 Å². The standard InChI is InChI=1S/C25H32N6O2/c1-5-30(6-2)13-19-14-31(16(3)15-33-19)17-7-9-22-23(11-17)27-25(26-22)24-20-12-18(32-4)8-10-21(20)28-29-24/h7-12,16,19H,5-6,13-15H2,1-4H3,(H,26,27)(H,28,29)/t16-,19+/m1/s1. The van der Waals surface area contributed by atoms with Gasteiger partial charge in [0.25, 0.3) is 0 Å². The molecule has 0 aliphatic carbocycles. The number of hydrogen-bond acceptors (Lipinski definition) is 6. The molecule has 0 spiro atoms. The Morgan fingerprint density at radius 2 is 2.00 bits per heavy atom. The number of aromatic nitrogens is 4. The zero-order valence-electron chi connectivity index (χ0n) is 19.8. The monoisotopic (exact) mass is 448 g/mol. The Morgan fingerprint density at radius 1 is 1.15 bits per heavy atom. The lowest BCUT2D eigenvalue weighted by atomic mass is 10.1. The molecule has 1 aliphatic heterocycles. The average molecular weight is 449 g/mol. The van der Waals surface area contributed by atoms with Crippen molar-refractivity contribution < 1.29 is 9.47 Å². The van der Waals surface area contributed by atoms with Crippen LogP contribution in [-0.2, 0) is 4.74 Å². The summed E-state index contributed by atoms with van der Waals surface area (Å²) in [5, 5.41) is 8.58. The topological polar surface area (TPSA) is 82.3 Å². The molecule has 1 aliphatic rings. The van der Waals surface area contributed by atoms with Crippen molar-refractivity contribution in [2.24, 2.45) is 0 Å². The normalized spacial score (nSPS) is 19.1. The van der Waals surface area contributed by atoms with Crippen LogP contribution in [0.25, 0.3) is 33.5 Å². The predicted molar refractivity (Wildman–Crippen MR) is 132 cm³/mol. The summed E-state index contributed by atoms with van der Waals surface area (Å²) < 4.78 is 11.5. The molecule has 33 heavy (non-hydrogen) atoms. The van der Waals surface area contributed by atoms with Crippen LogP contribution in [0.5, 0.6) is 5.75 Å². The SMILES string of the molecule is CCN(CC)C[C@H]1CN(c2ccc3nc(-c4n[nH]c5ccc(OC)cc45)[nH]c3c2)[C@H](C)CO1. The summed E-state index contributed by atoms with van der Waals surface area (Å²) in [4.78, 5) is 13.2. The fourth-order valence-electron chi connectivity index (χ4n) is 4.65. The molecule has 174 valence electrons. The lowest BCUT2D eigenvalue weighted by Crippen LogP contribution is -2.52. The Morgan fingerprint density at radius 3 is 2.79 bits per heavy atom. The second-order valence-electron chi connectivity index (χ2n) is 8.71. The maximum atomic E-state index is 6.15. The number of nitrogens with zero attached hydrogens (tertiary/aromatic N) is 4. The van der Waals surface area contributed by atoms with Gasteiger partial charge >= 0.3 is 0 Å². The molecule has 3 heterocycles. The van der Waals surface area contributed by atoms with Gasteiger partial charge in [0, 0.05) is 30.2 Å². The van der Waals surface area contributed by atoms with Crippen LogP contribution in [0.1, 0.15) is 20.8 Å². The molecule has 8 nitrogen and oxygen atoms in total. The van der Waals surface area contributed by atoms with Crippen molar-refractivity contribution in [3.8, 4) is 17.3 Å². The van der Waals surface area contributed by atoms with E-state index >= 15 is 0 Å². The van der Waals surface area contributed by atoms with E-state index in [1.54, 1.807) is 7.11 Å². The minimum atomic E-state index is 0.208. The van der Waals surface area contributed by atoms with E-state index in [1.807, 2.05) is 18.2 Å². The van der Waals surface area contributed by atoms with Crippen molar-refractivity contribution in [3.63, 3.8) is 0 Å². The number of ether oxygens (including phenoxy) is 2. The first-order valence-electron chi connectivity index (χ1n) is 11.7. The van der Waals surface area contributed by atoms with Gasteiger partial charge in [0.2, 0.25) is 0 Å². The first-order chi connectivity index (χ1) is 16.1. The third kappa shape index (κ3) is 4.16. The molecular formula is C25H32N6O2. The highest BCUT2D eigenvalue weighted by Crippen LogP contribution is 2.31. The van der Waals surface area contributed by atoms with E-state index < -0.39 is 0 Å². The van der Waals surface area contributed by atoms with E-state index in [-0.39, 0.29) is 6.10 Å². The number of anilines is 1. The van der Waals surface area contributed by atoms with Crippen molar-refractivity contribution in [2.45, 2.75) is 32.9 Å². The maximum absolute atomic E-state index is 6.15. The summed E-state index contributed by atoms with van der Waals surface area (Å²) in [6, 6.07) is 12.6. The molecular weight excluding hydrogens is 416 g/mol. The summed E-state index contributed by atoms with van der Waals surface area (Å²) in [5.41, 5.74) is 4.86. The molecule has 2 atom stereocenters. The minimum Gasteiger partial charge on any atom is -0.497 e. The largest absolute Gasteiger partial charge is 0.497 e. The molecule has 5 rings (SSSR count). The van der Waals surface area contributed by atoms with Crippen LogP contribution in [0.3, 0.4) is 0 Å². The summed E-state index contributed by atoms with van der Waals surface area (Å²) in [5.74, 6) is 1.54. The second-order valence-corrected chi connectivity index (χ2v) is 8.71. The van der Waals surface area contributed by atoms with Gasteiger partial charge in [0.1, 0.15) is 11.4 Å². The minimum absolute atomic E-state index is 0.208. The Bertz CT molecular complexity index is 1240. The second kappa shape index (κ2) is 9.03. The summed E-state index contributed by atoms with van der Waals surface area (Å²) >= 11 is 0. The van der Waals surface area contributed by atoms with Gasteiger partial charge < -0.3 is 24.3 Å². The number of nitrogens with one attached hydrogen (secondary N) is 2. The van der Waals surface area contributed by atoms with E-state index in [0.29, 0.717) is 6.04 Å². The van der Waals surface area contributed by atoms with Gasteiger partial charge in [-0.25, -0.2) is 4.98 Å². The summed E-state index contributed by atoms with van der Waals surface area (Å²) in [6.45, 7) is 11.3. The van der Waals surface area contributed by atoms with Crippen LogP contribution in [0.2, 0.25) is 0 Å². The van der Waals surface area contributed by atoms with Gasteiger partial charge in [-0.15, -0.1) is 0 Å². The van der Waals surface area contributed by atoms with Crippen LogP contribution in [0.15, 0.2) is 36.4 Å². The molecule has 4 aromatic rings. The molecule has 2 aromatic carbocycles. The number of morpholine rings is 1. The number of benzene rings is 2. The Balaban J connectivity index is 1.44. The number of fused-ring (bicyclic) bond motifs is 2. The number of H-pyrrole nitrogens is 2. The summed E-state index contributed by atoms with van der Waals surface area (Å²) in [6.07, 6.45) is 0.208. The molecule has 0 radical (unpaired) electrons. The molecule has 0 amide bonds. The van der Waals surface area contributed by atoms with Gasteiger partial charge in [-0.3, -0.25) is 5.10 Å². The molecule has 1 fully saturated rings. The van der Waals surface area contributed by atoms with Crippen LogP contribution < -0.4 is 9.64 Å². The third-order valence-corrected chi connectivity index (χ3v) is 6.65. The van der Waals surface area contributed by atoms with Crippen molar-refractivity contribution in [3.05, 3.63) is 36.4 Å². The Hall–Kier alpha value is -3.10. The zero-order valence-corrected chi connectivity index (χ0v) is 19.8. The van der Waals surface area contributed by atoms with Crippen LogP contribution in [0.4, 0.5) is 5.69 Å². The van der Waals surface area contributed by atoms with E-state index in [0.717, 1.165) is 72.0 Å². The zero-order chi connectivity index (χ0) is 22.9. The maximum Gasteiger partial charge on any atom is 0.159 e. The van der Waals surface area contributed by atoms with Crippen LogP contribution in [0, 0.1) is 0 Å². The Labute approximate surface area is 193 Å². The quantitative estimate of drug-likeness (QED) is 0.444. The molecule has 2 aromatic heterocycles. The number of imidazole rings is 1. The molecule has 0 saturated carbocycles. The molecule has 1 saturated heterocycles. The average Bonchev–Trinajstić information content (AvgIpc) is 3.46. The van der Waals surface area contributed by atoms with Gasteiger partial charge in [-0.1, -0.05) is 13.8 Å². The first-order valence-corrected chi connectivity index (χ1v) is 11.7. The highest BCUT2D eigenvalue weighted by Gasteiger charge is 2.27. The first kappa shape index (κ1) is 21.7. The number of hydrogen-bond donors (Lipinski definition) is 2. The molecule has 8 heteroatoms. The predicted octanol–water partition coefficient (Wildman–Crippen LogP) is 4.05. The number of aromatic amines is 2. The smallest absolute Gasteiger partial charge is 0.159 e. The van der Waals surface area contributed by atoms with Gasteiger partial charge in [-0.2, -0.15) is 5.10 Å². The van der Waals surface area contributed by atoms with E-state index in [1.165, 1.54) is 5.69 Å². The van der Waals surface area contributed by atoms with Gasteiger partial charge in [0.15, 0.2) is 5.82 Å². The van der Waals surface area contributed by atoms with Crippen molar-refractivity contribution in [2.75, 3.05) is 44.8 Å². The van der Waals surface area contributed by atoms with Crippen molar-refractivity contribution in [1.29, 1.82) is 0 Å². The van der Waals surface area contributed by atoms with Crippen LogP contribution in [-0.4, -0.2) is 77.1 Å². The number of rotatable bonds is 7. The fraction of sp³-hybridized carbons (Fsp3) is 0.440. The number of likely N-dealkylation sites (N-methyl/N-ethyl adjacent to an activating group) is 1. The third-order valence-electron chi connectivity index (χ3n) is 6.65. The highest BCUT2D eigenvalue weighted by atomic mass is 16.5. The Kier molecular flexibility index (Phi) is 5.95. The van der Waals surface area contributed by atoms with Crippen molar-refractivity contribution >= 4 is 27.6 Å². The van der Waals surface area contributed by atoms with E-state index in [9.17, 15) is 0 Å². The number of methoxy groups -OCH3 is 1. The lowest BCUT2D eigenvalue weighted by molar-refractivity contribution is 0.00265. The van der Waals surface area contributed by atoms with E-state index in [2.05, 4.69) is 64.0 Å². The lowest BCUT2D eigenvalue weighted by Gasteiger charge is -2.41. The summed E-state index contributed by atoms with van der Waals surface area (Å²) in [7, 11) is 1.67. The van der Waals surface area contributed by atoms with Crippen LogP contribution >= 0.6 is 0 Å². The van der Waals surface area contributed by atoms with Gasteiger partial charge in [0.05, 0.1) is 36.4 Å². The molecule has 0 unspecified atom stereocenters. The van der Waals surface area contributed by atoms with E-state index in [4.69, 9.17) is 14.5 Å². The van der Waals surface area contributed by atoms with Gasteiger partial charge in [-0.05, 0) is 56.4 Å².